The van der Waals surface area contributed by atoms with Crippen molar-refractivity contribution in [3.63, 3.8) is 0 Å². The molecule has 0 spiro atoms. The summed E-state index contributed by atoms with van der Waals surface area (Å²) in [5.74, 6) is 0.308. The van der Waals surface area contributed by atoms with E-state index in [9.17, 15) is 4.79 Å². The largest absolute Gasteiger partial charge is 0.338 e. The maximum absolute atomic E-state index is 12.7. The van der Waals surface area contributed by atoms with Crippen molar-refractivity contribution in [1.82, 2.24) is 10.2 Å². The Morgan fingerprint density at radius 3 is 2.45 bits per heavy atom. The number of piperidine rings is 1. The van der Waals surface area contributed by atoms with Crippen LogP contribution in [-0.4, -0.2) is 35.5 Å². The second kappa shape index (κ2) is 5.57. The van der Waals surface area contributed by atoms with Crippen LogP contribution in [0.2, 0.25) is 0 Å². The van der Waals surface area contributed by atoms with Gasteiger partial charge in [0.25, 0.3) is 0 Å². The summed E-state index contributed by atoms with van der Waals surface area (Å²) in [7, 11) is 0. The zero-order valence-electron chi connectivity index (χ0n) is 12.4. The molecule has 108 valence electrons. The van der Waals surface area contributed by atoms with E-state index in [2.05, 4.69) is 48.3 Å². The van der Waals surface area contributed by atoms with Gasteiger partial charge in [-0.15, -0.1) is 0 Å². The molecule has 3 rings (SSSR count). The smallest absolute Gasteiger partial charge is 0.239 e. The summed E-state index contributed by atoms with van der Waals surface area (Å²) in [5, 5.41) is 3.41. The Bertz CT molecular complexity index is 473. The van der Waals surface area contributed by atoms with Gasteiger partial charge in [-0.3, -0.25) is 4.79 Å². The van der Waals surface area contributed by atoms with E-state index in [4.69, 9.17) is 0 Å². The summed E-state index contributed by atoms with van der Waals surface area (Å²) in [6.45, 7) is 5.14. The fraction of sp³-hybridized carbons (Fsp3) is 0.588. The van der Waals surface area contributed by atoms with E-state index < -0.39 is 0 Å². The van der Waals surface area contributed by atoms with Crippen molar-refractivity contribution in [2.45, 2.75) is 57.7 Å². The zero-order valence-corrected chi connectivity index (χ0v) is 12.4. The molecule has 0 aromatic heterocycles. The first kappa shape index (κ1) is 13.6. The van der Waals surface area contributed by atoms with Crippen LogP contribution in [0, 0.1) is 0 Å². The molecular formula is C17H24N2O. The summed E-state index contributed by atoms with van der Waals surface area (Å²) in [5.41, 5.74) is 2.84. The third-order valence-electron chi connectivity index (χ3n) is 4.48. The third kappa shape index (κ3) is 2.59. The van der Waals surface area contributed by atoms with Crippen LogP contribution in [0.1, 0.15) is 37.8 Å². The highest BCUT2D eigenvalue weighted by atomic mass is 16.2. The Morgan fingerprint density at radius 1 is 1.20 bits per heavy atom. The standard InChI is InChI=1S/C17H24N2O/c1-12(2)18-16-8-5-9-19(17(16)20)15-10-13-6-3-4-7-14(13)11-15/h3-4,6-7,12,15-16,18H,5,8-11H2,1-2H3. The second-order valence-electron chi connectivity index (χ2n) is 6.38. The molecule has 0 bridgehead atoms. The molecule has 0 radical (unpaired) electrons. The van der Waals surface area contributed by atoms with Crippen LogP contribution in [0.5, 0.6) is 0 Å². The van der Waals surface area contributed by atoms with Gasteiger partial charge in [-0.2, -0.15) is 0 Å². The minimum Gasteiger partial charge on any atom is -0.338 e. The molecule has 2 aliphatic rings. The van der Waals surface area contributed by atoms with Gasteiger partial charge < -0.3 is 10.2 Å². The molecule has 1 amide bonds. The average molecular weight is 272 g/mol. The zero-order chi connectivity index (χ0) is 14.1. The highest BCUT2D eigenvalue weighted by molar-refractivity contribution is 5.83. The minimum atomic E-state index is 0.0208. The molecule has 3 nitrogen and oxygen atoms in total. The Morgan fingerprint density at radius 2 is 1.85 bits per heavy atom. The van der Waals surface area contributed by atoms with Crippen LogP contribution in [-0.2, 0) is 17.6 Å². The van der Waals surface area contributed by atoms with Gasteiger partial charge >= 0.3 is 0 Å². The average Bonchev–Trinajstić information content (AvgIpc) is 2.84. The summed E-state index contributed by atoms with van der Waals surface area (Å²) in [6.07, 6.45) is 4.14. The first-order valence-corrected chi connectivity index (χ1v) is 7.78. The van der Waals surface area contributed by atoms with Crippen molar-refractivity contribution in [2.24, 2.45) is 0 Å². The van der Waals surface area contributed by atoms with E-state index in [1.165, 1.54) is 11.1 Å². The van der Waals surface area contributed by atoms with Gasteiger partial charge in [0.1, 0.15) is 0 Å². The van der Waals surface area contributed by atoms with Crippen molar-refractivity contribution < 1.29 is 4.79 Å². The van der Waals surface area contributed by atoms with E-state index in [0.29, 0.717) is 18.0 Å². The lowest BCUT2D eigenvalue weighted by molar-refractivity contribution is -0.138. The summed E-state index contributed by atoms with van der Waals surface area (Å²) >= 11 is 0. The molecule has 1 atom stereocenters. The van der Waals surface area contributed by atoms with Gasteiger partial charge in [-0.25, -0.2) is 0 Å². The quantitative estimate of drug-likeness (QED) is 0.914. The molecule has 1 N–H and O–H groups in total. The predicted molar refractivity (Wildman–Crippen MR) is 80.6 cm³/mol. The minimum absolute atomic E-state index is 0.0208. The second-order valence-corrected chi connectivity index (χ2v) is 6.38. The third-order valence-corrected chi connectivity index (χ3v) is 4.48. The van der Waals surface area contributed by atoms with Crippen molar-refractivity contribution in [3.8, 4) is 0 Å². The topological polar surface area (TPSA) is 32.3 Å². The first-order valence-electron chi connectivity index (χ1n) is 7.78. The van der Waals surface area contributed by atoms with Crippen molar-refractivity contribution in [3.05, 3.63) is 35.4 Å². The van der Waals surface area contributed by atoms with Gasteiger partial charge in [-0.05, 0) is 36.8 Å². The Hall–Kier alpha value is -1.35. The number of rotatable bonds is 3. The Kier molecular flexibility index (Phi) is 3.79. The Balaban J connectivity index is 1.70. The molecule has 1 aromatic rings. The van der Waals surface area contributed by atoms with Crippen LogP contribution < -0.4 is 5.32 Å². The highest BCUT2D eigenvalue weighted by Gasteiger charge is 2.35. The van der Waals surface area contributed by atoms with Crippen LogP contribution in [0.15, 0.2) is 24.3 Å². The van der Waals surface area contributed by atoms with E-state index in [1.807, 2.05) is 0 Å². The maximum Gasteiger partial charge on any atom is 0.239 e. The summed E-state index contributed by atoms with van der Waals surface area (Å²) in [6, 6.07) is 9.36. The number of hydrogen-bond donors (Lipinski definition) is 1. The van der Waals surface area contributed by atoms with E-state index in [0.717, 1.165) is 32.2 Å². The van der Waals surface area contributed by atoms with Crippen molar-refractivity contribution >= 4 is 5.91 Å². The summed E-state index contributed by atoms with van der Waals surface area (Å²) < 4.78 is 0. The molecule has 1 aromatic carbocycles. The van der Waals surface area contributed by atoms with Gasteiger partial charge in [0.05, 0.1) is 6.04 Å². The number of fused-ring (bicyclic) bond motifs is 1. The molecule has 1 aliphatic heterocycles. The van der Waals surface area contributed by atoms with E-state index >= 15 is 0 Å². The molecule has 1 unspecified atom stereocenters. The summed E-state index contributed by atoms with van der Waals surface area (Å²) in [4.78, 5) is 14.8. The molecule has 1 fully saturated rings. The first-order chi connectivity index (χ1) is 9.65. The normalized spacial score (nSPS) is 23.4. The number of nitrogens with one attached hydrogen (secondary N) is 1. The number of nitrogens with zero attached hydrogens (tertiary/aromatic N) is 1. The monoisotopic (exact) mass is 272 g/mol. The molecule has 3 heteroatoms. The van der Waals surface area contributed by atoms with Crippen LogP contribution >= 0.6 is 0 Å². The molecule has 20 heavy (non-hydrogen) atoms. The molecule has 0 saturated carbocycles. The van der Waals surface area contributed by atoms with Crippen molar-refractivity contribution in [2.75, 3.05) is 6.54 Å². The van der Waals surface area contributed by atoms with Gasteiger partial charge in [0, 0.05) is 18.6 Å². The van der Waals surface area contributed by atoms with Crippen LogP contribution in [0.25, 0.3) is 0 Å². The molecule has 1 heterocycles. The van der Waals surface area contributed by atoms with Gasteiger partial charge in [-0.1, -0.05) is 38.1 Å². The lowest BCUT2D eigenvalue weighted by Crippen LogP contribution is -2.55. The molecular weight excluding hydrogens is 248 g/mol. The van der Waals surface area contributed by atoms with Crippen LogP contribution in [0.3, 0.4) is 0 Å². The van der Waals surface area contributed by atoms with Gasteiger partial charge in [0.15, 0.2) is 0 Å². The lowest BCUT2D eigenvalue weighted by Gasteiger charge is -2.37. The SMILES string of the molecule is CC(C)NC1CCCN(C2Cc3ccccc3C2)C1=O. The number of carbonyl (C=O) groups excluding carboxylic acids is 1. The van der Waals surface area contributed by atoms with E-state index in [-0.39, 0.29) is 6.04 Å². The number of amides is 1. The highest BCUT2D eigenvalue weighted by Crippen LogP contribution is 2.27. The number of likely N-dealkylation sites (tertiary alicyclic amines) is 1. The fourth-order valence-corrected chi connectivity index (χ4v) is 3.58. The Labute approximate surface area is 121 Å². The number of hydrogen-bond acceptors (Lipinski definition) is 2. The lowest BCUT2D eigenvalue weighted by atomic mass is 10.0. The fourth-order valence-electron chi connectivity index (χ4n) is 3.58. The van der Waals surface area contributed by atoms with E-state index in [1.54, 1.807) is 0 Å². The van der Waals surface area contributed by atoms with Crippen molar-refractivity contribution in [1.29, 1.82) is 0 Å². The number of benzene rings is 1. The maximum atomic E-state index is 12.7. The molecule has 1 saturated heterocycles. The number of carbonyl (C=O) groups is 1. The van der Waals surface area contributed by atoms with Crippen LogP contribution in [0.4, 0.5) is 0 Å². The predicted octanol–water partition coefficient (Wildman–Crippen LogP) is 2.14. The van der Waals surface area contributed by atoms with Gasteiger partial charge in [0.2, 0.25) is 5.91 Å². The molecule has 1 aliphatic carbocycles.